The Balaban J connectivity index is 0.000000183. The van der Waals surface area contributed by atoms with Crippen LogP contribution < -0.4 is 32.8 Å². The molecule has 13 heteroatoms. The van der Waals surface area contributed by atoms with E-state index in [9.17, 15) is 9.59 Å². The summed E-state index contributed by atoms with van der Waals surface area (Å²) in [6.07, 6.45) is 5.51. The Morgan fingerprint density at radius 3 is 1.77 bits per heavy atom. The molecule has 1 saturated heterocycles. The number of fused-ring (bicyclic) bond motifs is 2. The highest BCUT2D eigenvalue weighted by atomic mass is 79.9. The molecule has 0 aliphatic carbocycles. The molecular formula is C39H42Br2N8O3. The van der Waals surface area contributed by atoms with Crippen molar-refractivity contribution in [3.63, 3.8) is 0 Å². The number of nitrogens with zero attached hydrogens (tertiary/aromatic N) is 2. The molecule has 7 N–H and O–H groups in total. The van der Waals surface area contributed by atoms with Crippen molar-refractivity contribution in [2.75, 3.05) is 34.9 Å². The van der Waals surface area contributed by atoms with Gasteiger partial charge in [-0.3, -0.25) is 9.59 Å². The minimum Gasteiger partial charge on any atom is -0.398 e. The number of hydrogen-bond donors (Lipinski definition) is 6. The number of nitrogen functional groups attached to an aromatic ring is 1. The number of halogens is 2. The van der Waals surface area contributed by atoms with Gasteiger partial charge < -0.3 is 36.4 Å². The van der Waals surface area contributed by atoms with E-state index < -0.39 is 0 Å². The van der Waals surface area contributed by atoms with Gasteiger partial charge in [0.1, 0.15) is 11.6 Å². The van der Waals surface area contributed by atoms with Crippen LogP contribution in [0.15, 0.2) is 79.5 Å². The number of aromatic amines is 2. The molecule has 0 bridgehead atoms. The van der Waals surface area contributed by atoms with E-state index in [0.29, 0.717) is 36.2 Å². The molecule has 0 saturated carbocycles. The van der Waals surface area contributed by atoms with Crippen LogP contribution >= 0.6 is 31.9 Å². The maximum absolute atomic E-state index is 12.3. The molecule has 1 aliphatic heterocycles. The van der Waals surface area contributed by atoms with E-state index in [4.69, 9.17) is 10.5 Å². The first kappa shape index (κ1) is 37.1. The second-order valence-corrected chi connectivity index (χ2v) is 14.9. The van der Waals surface area contributed by atoms with Gasteiger partial charge in [0.05, 0.1) is 0 Å². The Kier molecular flexibility index (Phi) is 11.6. The van der Waals surface area contributed by atoms with E-state index in [2.05, 4.69) is 79.9 Å². The molecule has 2 aromatic carbocycles. The van der Waals surface area contributed by atoms with E-state index in [1.54, 1.807) is 12.4 Å². The molecule has 4 aromatic heterocycles. The lowest BCUT2D eigenvalue weighted by molar-refractivity contribution is 0.0905. The molecule has 0 radical (unpaired) electrons. The predicted octanol–water partition coefficient (Wildman–Crippen LogP) is 8.00. The van der Waals surface area contributed by atoms with Crippen molar-refractivity contribution in [2.24, 2.45) is 0 Å². The van der Waals surface area contributed by atoms with Crippen LogP contribution in [0.2, 0.25) is 0 Å². The first-order valence-corrected chi connectivity index (χ1v) is 18.7. The third kappa shape index (κ3) is 8.66. The van der Waals surface area contributed by atoms with Crippen molar-refractivity contribution in [2.45, 2.75) is 59.7 Å². The van der Waals surface area contributed by atoms with Crippen molar-refractivity contribution in [3.8, 4) is 0 Å². The van der Waals surface area contributed by atoms with Crippen LogP contribution in [0.3, 0.4) is 0 Å². The molecule has 0 unspecified atom stereocenters. The number of aromatic nitrogens is 4. The van der Waals surface area contributed by atoms with Gasteiger partial charge >= 0.3 is 0 Å². The fraction of sp³-hybridized carbons (Fsp3) is 0.282. The first-order chi connectivity index (χ1) is 25.0. The third-order valence-corrected chi connectivity index (χ3v) is 10.1. The zero-order valence-corrected chi connectivity index (χ0v) is 32.7. The molecule has 52 heavy (non-hydrogen) atoms. The van der Waals surface area contributed by atoms with Crippen LogP contribution in [0, 0.1) is 27.7 Å². The monoisotopic (exact) mass is 828 g/mol. The van der Waals surface area contributed by atoms with E-state index in [1.807, 2.05) is 64.1 Å². The number of ether oxygens (including phenoxy) is 1. The summed E-state index contributed by atoms with van der Waals surface area (Å²) >= 11 is 7.09. The van der Waals surface area contributed by atoms with E-state index in [0.717, 1.165) is 96.1 Å². The van der Waals surface area contributed by atoms with E-state index >= 15 is 0 Å². The number of hydrogen-bond acceptors (Lipinski definition) is 9. The van der Waals surface area contributed by atoms with Crippen LogP contribution in [0.4, 0.5) is 23.0 Å². The van der Waals surface area contributed by atoms with E-state index in [1.165, 1.54) is 0 Å². The zero-order valence-electron chi connectivity index (χ0n) is 29.5. The fourth-order valence-electron chi connectivity index (χ4n) is 6.54. The van der Waals surface area contributed by atoms with Crippen molar-refractivity contribution in [1.82, 2.24) is 19.9 Å². The highest BCUT2D eigenvalue weighted by Crippen LogP contribution is 2.33. The Hall–Kier alpha value is -4.72. The van der Waals surface area contributed by atoms with Crippen LogP contribution in [-0.4, -0.2) is 39.2 Å². The summed E-state index contributed by atoms with van der Waals surface area (Å²) in [6.45, 7) is 10.1. The van der Waals surface area contributed by atoms with Gasteiger partial charge in [0.25, 0.3) is 11.1 Å². The number of aryl methyl sites for hydroxylation is 4. The summed E-state index contributed by atoms with van der Waals surface area (Å²) in [5.74, 6) is 1.47. The Labute approximate surface area is 318 Å². The van der Waals surface area contributed by atoms with Crippen molar-refractivity contribution < 1.29 is 4.74 Å². The first-order valence-electron chi connectivity index (χ1n) is 17.1. The molecule has 5 heterocycles. The van der Waals surface area contributed by atoms with Gasteiger partial charge in [-0.1, -0.05) is 31.9 Å². The lowest BCUT2D eigenvalue weighted by Crippen LogP contribution is -2.27. The van der Waals surface area contributed by atoms with Gasteiger partial charge in [0, 0.05) is 109 Å². The molecule has 1 aliphatic rings. The quantitative estimate of drug-likeness (QED) is 0.0835. The van der Waals surface area contributed by atoms with Gasteiger partial charge in [0.15, 0.2) is 0 Å². The van der Waals surface area contributed by atoms with Gasteiger partial charge in [-0.15, -0.1) is 0 Å². The Morgan fingerprint density at radius 1 is 0.731 bits per heavy atom. The minimum atomic E-state index is -0.0732. The molecule has 11 nitrogen and oxygen atoms in total. The molecule has 6 aromatic rings. The molecule has 0 spiro atoms. The number of benzene rings is 2. The summed E-state index contributed by atoms with van der Waals surface area (Å²) in [4.78, 5) is 39.1. The maximum atomic E-state index is 12.3. The number of nitrogens with one attached hydrogen (secondary N) is 5. The molecular weight excluding hydrogens is 788 g/mol. The van der Waals surface area contributed by atoms with Crippen LogP contribution in [0.1, 0.15) is 46.5 Å². The topological polar surface area (TPSA) is 163 Å². The van der Waals surface area contributed by atoms with Crippen molar-refractivity contribution in [3.05, 3.63) is 124 Å². The lowest BCUT2D eigenvalue weighted by atomic mass is 10.1. The fourth-order valence-corrected chi connectivity index (χ4v) is 7.47. The van der Waals surface area contributed by atoms with Gasteiger partial charge in [-0.25, -0.2) is 9.97 Å². The average Bonchev–Trinajstić information content (AvgIpc) is 3.08. The highest BCUT2D eigenvalue weighted by molar-refractivity contribution is 9.10. The number of rotatable bonds is 8. The second-order valence-electron chi connectivity index (χ2n) is 13.1. The largest absolute Gasteiger partial charge is 0.398 e. The summed E-state index contributed by atoms with van der Waals surface area (Å²) < 4.78 is 7.35. The summed E-state index contributed by atoms with van der Waals surface area (Å²) in [7, 11) is 0. The number of pyridine rings is 4. The zero-order chi connectivity index (χ0) is 36.9. The maximum Gasteiger partial charge on any atom is 0.253 e. The third-order valence-electron chi connectivity index (χ3n) is 9.16. The smallest absolute Gasteiger partial charge is 0.253 e. The predicted molar refractivity (Wildman–Crippen MR) is 218 cm³/mol. The minimum absolute atomic E-state index is 0.0571. The highest BCUT2D eigenvalue weighted by Gasteiger charge is 2.17. The van der Waals surface area contributed by atoms with Gasteiger partial charge in [0.2, 0.25) is 0 Å². The molecule has 270 valence electrons. The number of nitrogens with two attached hydrogens (primary N) is 1. The van der Waals surface area contributed by atoms with Gasteiger partial charge in [-0.05, 0) is 100 Å². The summed E-state index contributed by atoms with van der Waals surface area (Å²) in [5, 5.41) is 14.2. The second kappa shape index (κ2) is 16.3. The summed E-state index contributed by atoms with van der Waals surface area (Å²) in [6, 6.07) is 16.3. The Morgan fingerprint density at radius 2 is 1.23 bits per heavy atom. The number of anilines is 4. The Bertz CT molecular complexity index is 2370. The van der Waals surface area contributed by atoms with Crippen LogP contribution in [0.5, 0.6) is 0 Å². The normalized spacial score (nSPS) is 13.1. The van der Waals surface area contributed by atoms with Crippen LogP contribution in [0.25, 0.3) is 21.5 Å². The van der Waals surface area contributed by atoms with Crippen LogP contribution in [-0.2, 0) is 17.8 Å². The lowest BCUT2D eigenvalue weighted by Gasteiger charge is -2.25. The van der Waals surface area contributed by atoms with Gasteiger partial charge in [-0.2, -0.15) is 0 Å². The van der Waals surface area contributed by atoms with E-state index in [-0.39, 0.29) is 11.1 Å². The SMILES string of the molecule is Cc1cc(C)c(CNc2nccc3c(N)cc(Br)cc23)c(=O)[nH]1.Cc1cc(C)c(CNc2nccc3c(NC4CCOCC4)cc(Br)cc23)c(=O)[nH]1. The number of H-pyrrole nitrogens is 2. The van der Waals surface area contributed by atoms with Crippen molar-refractivity contribution >= 4 is 76.4 Å². The molecule has 0 atom stereocenters. The average molecular weight is 831 g/mol. The molecule has 1 fully saturated rings. The molecule has 7 rings (SSSR count). The summed E-state index contributed by atoms with van der Waals surface area (Å²) in [5.41, 5.74) is 12.8. The van der Waals surface area contributed by atoms with Crippen molar-refractivity contribution in [1.29, 1.82) is 0 Å². The standard InChI is InChI=1S/C22H25BrN4O2.C17H17BrN4O/c1-13-9-14(2)26-22(28)19(13)12-25-21-18-10-15(23)11-20(17(18)3-6-24-21)27-16-4-7-29-8-5-16;1-9-5-10(2)22-17(23)14(9)8-21-16-13-6-11(18)7-15(19)12(13)3-4-20-16/h3,6,9-11,16,27H,4-5,7-8,12H2,1-2H3,(H,24,25)(H,26,28);3-7H,8,19H2,1-2H3,(H,20,21)(H,22,23). The molecule has 0 amide bonds.